The number of aliphatic hydroxyl groups excluding tert-OH is 1. The lowest BCUT2D eigenvalue weighted by Gasteiger charge is -2.06. The maximum absolute atomic E-state index is 11.4. The van der Waals surface area contributed by atoms with E-state index in [1.807, 2.05) is 6.07 Å². The number of nitriles is 1. The molecule has 4 N–H and O–H groups in total. The fourth-order valence-corrected chi connectivity index (χ4v) is 1.24. The van der Waals surface area contributed by atoms with Crippen molar-refractivity contribution >= 4 is 17.9 Å². The third kappa shape index (κ3) is 5.02. The molecule has 6 heteroatoms. The van der Waals surface area contributed by atoms with Crippen LogP contribution in [0.1, 0.15) is 11.1 Å². The Kier molecular flexibility index (Phi) is 5.26. The zero-order chi connectivity index (χ0) is 14.3. The summed E-state index contributed by atoms with van der Waals surface area (Å²) >= 11 is 0. The topological polar surface area (TPSA) is 116 Å². The summed E-state index contributed by atoms with van der Waals surface area (Å²) in [6.45, 7) is -0.239. The molecule has 0 saturated carbocycles. The third-order valence-corrected chi connectivity index (χ3v) is 2.24. The third-order valence-electron chi connectivity index (χ3n) is 2.24. The number of hydrogen-bond acceptors (Lipinski definition) is 4. The van der Waals surface area contributed by atoms with Gasteiger partial charge >= 0.3 is 0 Å². The summed E-state index contributed by atoms with van der Waals surface area (Å²) in [6.07, 6.45) is 1.36. The number of nitrogens with one attached hydrogen (secondary N) is 1. The first-order valence-corrected chi connectivity index (χ1v) is 5.46. The van der Waals surface area contributed by atoms with E-state index in [-0.39, 0.29) is 6.54 Å². The van der Waals surface area contributed by atoms with Crippen LogP contribution in [0, 0.1) is 11.3 Å². The van der Waals surface area contributed by atoms with Crippen LogP contribution in [0.4, 0.5) is 0 Å². The Labute approximate surface area is 110 Å². The highest BCUT2D eigenvalue weighted by Gasteiger charge is 2.10. The zero-order valence-corrected chi connectivity index (χ0v) is 10.0. The predicted molar refractivity (Wildman–Crippen MR) is 68.4 cm³/mol. The summed E-state index contributed by atoms with van der Waals surface area (Å²) in [5.74, 6) is -1.37. The van der Waals surface area contributed by atoms with Gasteiger partial charge in [0.1, 0.15) is 6.10 Å². The lowest BCUT2D eigenvalue weighted by Crippen LogP contribution is -2.39. The van der Waals surface area contributed by atoms with Gasteiger partial charge in [-0.1, -0.05) is 12.1 Å². The van der Waals surface area contributed by atoms with Crippen molar-refractivity contribution in [3.63, 3.8) is 0 Å². The van der Waals surface area contributed by atoms with Crippen LogP contribution in [0.2, 0.25) is 0 Å². The lowest BCUT2D eigenvalue weighted by molar-refractivity contribution is -0.126. The van der Waals surface area contributed by atoms with Gasteiger partial charge in [-0.05, 0) is 23.8 Å². The smallest absolute Gasteiger partial charge is 0.248 e. The Morgan fingerprint density at radius 1 is 1.53 bits per heavy atom. The van der Waals surface area contributed by atoms with Crippen LogP contribution in [0.3, 0.4) is 0 Å². The number of nitrogens with two attached hydrogens (primary N) is 1. The summed E-state index contributed by atoms with van der Waals surface area (Å²) in [4.78, 5) is 21.9. The van der Waals surface area contributed by atoms with E-state index < -0.39 is 17.9 Å². The average Bonchev–Trinajstić information content (AvgIpc) is 2.42. The van der Waals surface area contributed by atoms with Gasteiger partial charge in [0.05, 0.1) is 18.2 Å². The molecule has 0 aliphatic carbocycles. The van der Waals surface area contributed by atoms with Crippen LogP contribution in [0.25, 0.3) is 6.08 Å². The van der Waals surface area contributed by atoms with Crippen molar-refractivity contribution in [3.8, 4) is 6.07 Å². The van der Waals surface area contributed by atoms with Gasteiger partial charge in [-0.25, -0.2) is 0 Å². The van der Waals surface area contributed by atoms with Crippen LogP contribution in [0.15, 0.2) is 30.3 Å². The molecule has 0 heterocycles. The Morgan fingerprint density at radius 3 is 2.89 bits per heavy atom. The van der Waals surface area contributed by atoms with E-state index in [1.165, 1.54) is 12.2 Å². The molecule has 1 rings (SSSR count). The Balaban J connectivity index is 2.54. The van der Waals surface area contributed by atoms with Gasteiger partial charge in [0.15, 0.2) is 0 Å². The molecule has 6 nitrogen and oxygen atoms in total. The van der Waals surface area contributed by atoms with Gasteiger partial charge in [-0.15, -0.1) is 0 Å². The van der Waals surface area contributed by atoms with Gasteiger partial charge in [0.2, 0.25) is 11.8 Å². The predicted octanol–water partition coefficient (Wildman–Crippen LogP) is -0.466. The number of aliphatic hydroxyl groups is 1. The Hall–Kier alpha value is -2.65. The maximum Gasteiger partial charge on any atom is 0.248 e. The molecule has 0 radical (unpaired) electrons. The first-order chi connectivity index (χ1) is 9.02. The molecule has 1 atom stereocenters. The lowest BCUT2D eigenvalue weighted by atomic mass is 10.1. The van der Waals surface area contributed by atoms with Crippen LogP contribution in [-0.2, 0) is 9.59 Å². The quantitative estimate of drug-likeness (QED) is 0.620. The van der Waals surface area contributed by atoms with E-state index in [2.05, 4.69) is 5.32 Å². The second-order valence-electron chi connectivity index (χ2n) is 3.73. The minimum Gasteiger partial charge on any atom is -0.381 e. The van der Waals surface area contributed by atoms with Crippen molar-refractivity contribution in [1.82, 2.24) is 5.32 Å². The zero-order valence-electron chi connectivity index (χ0n) is 10.0. The van der Waals surface area contributed by atoms with Crippen molar-refractivity contribution < 1.29 is 14.7 Å². The number of primary amides is 1. The normalized spacial score (nSPS) is 11.8. The van der Waals surface area contributed by atoms with Crippen LogP contribution < -0.4 is 11.1 Å². The fourth-order valence-electron chi connectivity index (χ4n) is 1.24. The molecule has 0 saturated heterocycles. The van der Waals surface area contributed by atoms with Gasteiger partial charge in [-0.3, -0.25) is 9.59 Å². The van der Waals surface area contributed by atoms with Crippen LogP contribution >= 0.6 is 0 Å². The van der Waals surface area contributed by atoms with Crippen molar-refractivity contribution in [1.29, 1.82) is 5.26 Å². The average molecular weight is 259 g/mol. The molecule has 1 aromatic rings. The number of nitrogens with zero attached hydrogens (tertiary/aromatic N) is 1. The minimum absolute atomic E-state index is 0.239. The number of benzene rings is 1. The summed E-state index contributed by atoms with van der Waals surface area (Å²) in [5.41, 5.74) is 6.02. The molecule has 0 bridgehead atoms. The van der Waals surface area contributed by atoms with Gasteiger partial charge in [-0.2, -0.15) is 5.26 Å². The van der Waals surface area contributed by atoms with E-state index in [9.17, 15) is 9.59 Å². The molecule has 1 unspecified atom stereocenters. The van der Waals surface area contributed by atoms with Gasteiger partial charge in [0.25, 0.3) is 0 Å². The van der Waals surface area contributed by atoms with Crippen molar-refractivity contribution in [3.05, 3.63) is 41.5 Å². The number of carbonyl (C=O) groups is 2. The molecular formula is C13H13N3O3. The van der Waals surface area contributed by atoms with Crippen molar-refractivity contribution in [2.45, 2.75) is 6.10 Å². The summed E-state index contributed by atoms with van der Waals surface area (Å²) in [7, 11) is 0. The van der Waals surface area contributed by atoms with E-state index in [0.717, 1.165) is 0 Å². The minimum atomic E-state index is -1.40. The molecule has 19 heavy (non-hydrogen) atoms. The number of rotatable bonds is 5. The standard InChI is InChI=1S/C13H13N3O3/c14-7-10-3-1-2-9(6-10)4-5-12(18)16-8-11(17)13(15)19/h1-6,11,17H,8H2,(H2,15,19)(H,16,18)/b5-4+. The second kappa shape index (κ2) is 6.93. The Bertz CT molecular complexity index is 546. The highest BCUT2D eigenvalue weighted by atomic mass is 16.3. The first-order valence-electron chi connectivity index (χ1n) is 5.46. The van der Waals surface area contributed by atoms with E-state index >= 15 is 0 Å². The number of carbonyl (C=O) groups excluding carboxylic acids is 2. The van der Waals surface area contributed by atoms with Crippen LogP contribution in [0.5, 0.6) is 0 Å². The maximum atomic E-state index is 11.4. The summed E-state index contributed by atoms with van der Waals surface area (Å²) in [6, 6.07) is 8.71. The molecule has 0 aromatic heterocycles. The molecule has 2 amide bonds. The molecule has 98 valence electrons. The van der Waals surface area contributed by atoms with Gasteiger partial charge in [0, 0.05) is 6.08 Å². The highest BCUT2D eigenvalue weighted by molar-refractivity contribution is 5.92. The molecule has 0 aliphatic rings. The SMILES string of the molecule is N#Cc1cccc(/C=C/C(=O)NCC(O)C(N)=O)c1. The largest absolute Gasteiger partial charge is 0.381 e. The van der Waals surface area contributed by atoms with Crippen molar-refractivity contribution in [2.75, 3.05) is 6.54 Å². The number of hydrogen-bond donors (Lipinski definition) is 3. The monoisotopic (exact) mass is 259 g/mol. The molecule has 0 spiro atoms. The molecular weight excluding hydrogens is 246 g/mol. The summed E-state index contributed by atoms with van der Waals surface area (Å²) in [5, 5.41) is 20.1. The van der Waals surface area contributed by atoms with E-state index in [0.29, 0.717) is 11.1 Å². The highest BCUT2D eigenvalue weighted by Crippen LogP contribution is 2.05. The first kappa shape index (κ1) is 14.4. The van der Waals surface area contributed by atoms with Crippen molar-refractivity contribution in [2.24, 2.45) is 5.73 Å². The fraction of sp³-hybridized carbons (Fsp3) is 0.154. The number of amides is 2. The summed E-state index contributed by atoms with van der Waals surface area (Å²) < 4.78 is 0. The van der Waals surface area contributed by atoms with E-state index in [4.69, 9.17) is 16.1 Å². The van der Waals surface area contributed by atoms with E-state index in [1.54, 1.807) is 24.3 Å². The molecule has 1 aromatic carbocycles. The van der Waals surface area contributed by atoms with Gasteiger partial charge < -0.3 is 16.2 Å². The van der Waals surface area contributed by atoms with Crippen LogP contribution in [-0.4, -0.2) is 29.6 Å². The molecule has 0 fully saturated rings. The Morgan fingerprint density at radius 2 is 2.26 bits per heavy atom. The molecule has 0 aliphatic heterocycles. The second-order valence-corrected chi connectivity index (χ2v) is 3.73.